The molecule has 0 bridgehead atoms. The smallest absolute Gasteiger partial charge is 0.490 e. The van der Waals surface area contributed by atoms with E-state index in [-0.39, 0.29) is 30.6 Å². The van der Waals surface area contributed by atoms with Gasteiger partial charge in [0, 0.05) is 30.3 Å². The van der Waals surface area contributed by atoms with Crippen molar-refractivity contribution in [3.05, 3.63) is 45.7 Å². The number of ether oxygens (including phenoxy) is 4. The quantitative estimate of drug-likeness (QED) is 0.673. The van der Waals surface area contributed by atoms with Gasteiger partial charge < -0.3 is 33.4 Å². The Kier molecular flexibility index (Phi) is 10.7. The van der Waals surface area contributed by atoms with Gasteiger partial charge in [-0.3, -0.25) is 4.79 Å². The molecule has 1 unspecified atom stereocenters. The summed E-state index contributed by atoms with van der Waals surface area (Å²) < 4.78 is 60.3. The Morgan fingerprint density at radius 1 is 1.20 bits per heavy atom. The highest BCUT2D eigenvalue weighted by molar-refractivity contribution is 5.72. The maximum atomic E-state index is 12.7. The van der Waals surface area contributed by atoms with Crippen LogP contribution in [0.2, 0.25) is 0 Å². The van der Waals surface area contributed by atoms with Crippen LogP contribution in [-0.2, 0) is 33.7 Å². The first-order valence-electron chi connectivity index (χ1n) is 11.1. The van der Waals surface area contributed by atoms with Gasteiger partial charge in [0.2, 0.25) is 0 Å². The van der Waals surface area contributed by atoms with E-state index >= 15 is 0 Å². The lowest BCUT2D eigenvalue weighted by molar-refractivity contribution is -0.274. The fourth-order valence-electron chi connectivity index (χ4n) is 3.92. The minimum absolute atomic E-state index is 0.209. The Balaban J connectivity index is 0.000000803. The number of hydrogen-bond donors (Lipinski definition) is 1. The Morgan fingerprint density at radius 3 is 2.51 bits per heavy atom. The third-order valence-electron chi connectivity index (χ3n) is 5.21. The van der Waals surface area contributed by atoms with Gasteiger partial charge in [-0.25, -0.2) is 0 Å². The van der Waals surface area contributed by atoms with E-state index in [9.17, 15) is 18.0 Å². The van der Waals surface area contributed by atoms with Crippen molar-refractivity contribution in [1.82, 2.24) is 4.57 Å². The number of halogens is 3. The standard InChI is InChI=1S/C21H22F3NO5.C2H6O.CH2O/c1-2-16-18(29-12-15-11-27-7-8-28-15)10-19(26)25-6-5-13-9-14(30-21(22,23)24)3-4-17(13)20(16)25;1-2-3;1-2/h3-4,9-10,15H,2,5-8,11-12H2,1H3;3H,2H2,1H3;1H2. The summed E-state index contributed by atoms with van der Waals surface area (Å²) in [7, 11) is 0. The molecule has 2 aromatic rings. The van der Waals surface area contributed by atoms with Gasteiger partial charge in [0.25, 0.3) is 5.56 Å². The van der Waals surface area contributed by atoms with Crippen molar-refractivity contribution in [1.29, 1.82) is 0 Å². The summed E-state index contributed by atoms with van der Waals surface area (Å²) in [6, 6.07) is 5.70. The zero-order valence-corrected chi connectivity index (χ0v) is 19.7. The van der Waals surface area contributed by atoms with E-state index < -0.39 is 6.36 Å². The third kappa shape index (κ3) is 7.55. The lowest BCUT2D eigenvalue weighted by Gasteiger charge is -2.27. The molecule has 0 amide bonds. The molecule has 0 saturated carbocycles. The maximum Gasteiger partial charge on any atom is 0.573 e. The molecule has 1 fully saturated rings. The molecule has 35 heavy (non-hydrogen) atoms. The van der Waals surface area contributed by atoms with Crippen LogP contribution in [0.1, 0.15) is 25.0 Å². The van der Waals surface area contributed by atoms with Gasteiger partial charge in [-0.05, 0) is 43.5 Å². The van der Waals surface area contributed by atoms with Crippen LogP contribution in [0.3, 0.4) is 0 Å². The van der Waals surface area contributed by atoms with Crippen LogP contribution in [0.25, 0.3) is 11.3 Å². The fourth-order valence-corrected chi connectivity index (χ4v) is 3.92. The number of rotatable bonds is 5. The molecule has 2 aliphatic rings. The van der Waals surface area contributed by atoms with Crippen molar-refractivity contribution >= 4 is 6.79 Å². The summed E-state index contributed by atoms with van der Waals surface area (Å²) in [5.74, 6) is 0.198. The summed E-state index contributed by atoms with van der Waals surface area (Å²) in [5, 5.41) is 7.57. The molecule has 0 spiro atoms. The molecular weight excluding hydrogens is 471 g/mol. The van der Waals surface area contributed by atoms with Gasteiger partial charge in [-0.2, -0.15) is 0 Å². The lowest BCUT2D eigenvalue weighted by Crippen LogP contribution is -2.34. The zero-order valence-electron chi connectivity index (χ0n) is 19.7. The van der Waals surface area contributed by atoms with Gasteiger partial charge >= 0.3 is 6.36 Å². The first-order valence-corrected chi connectivity index (χ1v) is 11.1. The minimum Gasteiger partial charge on any atom is -0.490 e. The largest absolute Gasteiger partial charge is 0.573 e. The van der Waals surface area contributed by atoms with Gasteiger partial charge in [0.05, 0.1) is 25.5 Å². The number of aromatic nitrogens is 1. The first kappa shape index (κ1) is 28.3. The average molecular weight is 501 g/mol. The SMILES string of the molecule is C=O.CCO.CCc1c(OCC2COCCO2)cc(=O)n2c1-c1ccc(OC(F)(F)F)cc1CC2. The number of aliphatic hydroxyl groups excluding tert-OH is 1. The highest BCUT2D eigenvalue weighted by atomic mass is 19.4. The molecule has 4 rings (SSSR count). The molecule has 0 radical (unpaired) electrons. The number of aryl methyl sites for hydroxylation is 1. The molecular formula is C24H30F3NO7. The van der Waals surface area contributed by atoms with Crippen molar-refractivity contribution in [3.8, 4) is 22.8 Å². The number of nitrogens with zero attached hydrogens (tertiary/aromatic N) is 1. The Morgan fingerprint density at radius 2 is 1.91 bits per heavy atom. The van der Waals surface area contributed by atoms with Crippen LogP contribution in [0, 0.1) is 0 Å². The molecule has 2 aliphatic heterocycles. The second kappa shape index (κ2) is 13.3. The van der Waals surface area contributed by atoms with Crippen molar-refractivity contribution in [2.24, 2.45) is 0 Å². The highest BCUT2D eigenvalue weighted by Gasteiger charge is 2.32. The molecule has 1 atom stereocenters. The van der Waals surface area contributed by atoms with Crippen LogP contribution in [0.5, 0.6) is 11.5 Å². The van der Waals surface area contributed by atoms with Crippen molar-refractivity contribution in [2.75, 3.05) is 33.0 Å². The van der Waals surface area contributed by atoms with Gasteiger partial charge in [-0.15, -0.1) is 13.2 Å². The molecule has 11 heteroatoms. The molecule has 0 aliphatic carbocycles. The molecule has 3 heterocycles. The molecule has 194 valence electrons. The summed E-state index contributed by atoms with van der Waals surface area (Å²) in [6.07, 6.45) is -3.93. The number of aliphatic hydroxyl groups is 1. The molecule has 1 N–H and O–H groups in total. The predicted molar refractivity (Wildman–Crippen MR) is 122 cm³/mol. The number of carbonyl (C=O) groups excluding carboxylic acids is 1. The first-order chi connectivity index (χ1) is 16.8. The number of carbonyl (C=O) groups is 1. The van der Waals surface area contributed by atoms with Gasteiger partial charge in [-0.1, -0.05) is 6.92 Å². The Labute approximate surface area is 201 Å². The second-order valence-corrected chi connectivity index (χ2v) is 7.49. The summed E-state index contributed by atoms with van der Waals surface area (Å²) in [5.41, 5.74) is 2.72. The fraction of sp³-hybridized carbons (Fsp3) is 0.500. The van der Waals surface area contributed by atoms with E-state index in [4.69, 9.17) is 24.1 Å². The number of hydrogen-bond acceptors (Lipinski definition) is 7. The summed E-state index contributed by atoms with van der Waals surface area (Å²) in [4.78, 5) is 20.7. The van der Waals surface area contributed by atoms with Crippen molar-refractivity contribution in [2.45, 2.75) is 45.7 Å². The van der Waals surface area contributed by atoms with Crippen LogP contribution in [0.15, 0.2) is 29.1 Å². The van der Waals surface area contributed by atoms with Crippen molar-refractivity contribution in [3.63, 3.8) is 0 Å². The molecule has 1 aromatic carbocycles. The highest BCUT2D eigenvalue weighted by Crippen LogP contribution is 2.37. The Bertz CT molecular complexity index is 1020. The molecule has 8 nitrogen and oxygen atoms in total. The van der Waals surface area contributed by atoms with E-state index in [0.717, 1.165) is 5.56 Å². The van der Waals surface area contributed by atoms with E-state index in [1.807, 2.05) is 13.7 Å². The van der Waals surface area contributed by atoms with Crippen LogP contribution in [0.4, 0.5) is 13.2 Å². The van der Waals surface area contributed by atoms with Crippen LogP contribution < -0.4 is 15.0 Å². The van der Waals surface area contributed by atoms with Crippen LogP contribution in [-0.4, -0.2) is 62.0 Å². The number of pyridine rings is 1. The third-order valence-corrected chi connectivity index (χ3v) is 5.21. The van der Waals surface area contributed by atoms with E-state index in [1.165, 1.54) is 18.2 Å². The molecule has 1 saturated heterocycles. The number of benzene rings is 1. The van der Waals surface area contributed by atoms with Gasteiger partial charge in [0.1, 0.15) is 31.0 Å². The van der Waals surface area contributed by atoms with E-state index in [1.54, 1.807) is 17.6 Å². The monoisotopic (exact) mass is 501 g/mol. The number of alkyl halides is 3. The average Bonchev–Trinajstić information content (AvgIpc) is 2.84. The number of fused-ring (bicyclic) bond motifs is 3. The van der Waals surface area contributed by atoms with Gasteiger partial charge in [0.15, 0.2) is 0 Å². The summed E-state index contributed by atoms with van der Waals surface area (Å²) in [6.45, 7) is 7.98. The summed E-state index contributed by atoms with van der Waals surface area (Å²) >= 11 is 0. The molecule has 1 aromatic heterocycles. The Hall–Kier alpha value is -2.89. The van der Waals surface area contributed by atoms with Crippen LogP contribution >= 0.6 is 0 Å². The topological polar surface area (TPSA) is 96.2 Å². The lowest BCUT2D eigenvalue weighted by atomic mass is 9.93. The van der Waals surface area contributed by atoms with Crippen molar-refractivity contribution < 1.29 is 42.0 Å². The second-order valence-electron chi connectivity index (χ2n) is 7.49. The maximum absolute atomic E-state index is 12.7. The minimum atomic E-state index is -4.75. The van der Waals surface area contributed by atoms with E-state index in [0.29, 0.717) is 61.8 Å². The normalized spacial score (nSPS) is 16.5. The van der Waals surface area contributed by atoms with E-state index in [2.05, 4.69) is 4.74 Å². The predicted octanol–water partition coefficient (Wildman–Crippen LogP) is 3.14. The zero-order chi connectivity index (χ0) is 26.0.